The van der Waals surface area contributed by atoms with Crippen LogP contribution in [0.2, 0.25) is 0 Å². The Balaban J connectivity index is 1.07. The number of nitrogens with zero attached hydrogens (tertiary/aromatic N) is 4. The fourth-order valence-electron chi connectivity index (χ4n) is 3.26. The summed E-state index contributed by atoms with van der Waals surface area (Å²) in [6.45, 7) is 0.723. The molecule has 6 rings (SSSR count). The molecule has 0 bridgehead atoms. The first kappa shape index (κ1) is 19.3. The molecule has 0 spiro atoms. The molecule has 0 amide bonds. The van der Waals surface area contributed by atoms with Crippen molar-refractivity contribution in [1.29, 1.82) is 0 Å². The van der Waals surface area contributed by atoms with Crippen LogP contribution >= 0.6 is 21.6 Å². The molecule has 2 aliphatic rings. The van der Waals surface area contributed by atoms with Gasteiger partial charge in [-0.25, -0.2) is 9.97 Å². The number of benzene rings is 2. The maximum absolute atomic E-state index is 5.96. The van der Waals surface area contributed by atoms with Gasteiger partial charge in [-0.1, -0.05) is 24.3 Å². The zero-order chi connectivity index (χ0) is 21.3. The van der Waals surface area contributed by atoms with Crippen LogP contribution in [0.25, 0.3) is 0 Å². The molecule has 2 aromatic carbocycles. The van der Waals surface area contributed by atoms with Crippen molar-refractivity contribution in [3.8, 4) is 23.0 Å². The van der Waals surface area contributed by atoms with Crippen molar-refractivity contribution in [2.45, 2.75) is 22.5 Å². The summed E-state index contributed by atoms with van der Waals surface area (Å²) >= 11 is 0. The Morgan fingerprint density at radius 1 is 0.656 bits per heavy atom. The largest absolute Gasteiger partial charge is 0.485 e. The van der Waals surface area contributed by atoms with Crippen LogP contribution in [0.3, 0.4) is 0 Å². The summed E-state index contributed by atoms with van der Waals surface area (Å²) in [5.41, 5.74) is 0. The van der Waals surface area contributed by atoms with Crippen LogP contribution in [0, 0.1) is 0 Å². The van der Waals surface area contributed by atoms with Gasteiger partial charge in [0.25, 0.3) is 0 Å². The molecule has 10 nitrogen and oxygen atoms in total. The Morgan fingerprint density at radius 2 is 1.09 bits per heavy atom. The van der Waals surface area contributed by atoms with Gasteiger partial charge in [-0.05, 0) is 45.9 Å². The fourth-order valence-corrected chi connectivity index (χ4v) is 4.74. The number of aromatic nitrogens is 6. The average molecular weight is 469 g/mol. The van der Waals surface area contributed by atoms with E-state index in [0.717, 1.165) is 11.5 Å². The smallest absolute Gasteiger partial charge is 0.219 e. The molecule has 2 aliphatic heterocycles. The van der Waals surface area contributed by atoms with Crippen LogP contribution in [-0.4, -0.2) is 43.6 Å². The monoisotopic (exact) mass is 468 g/mol. The van der Waals surface area contributed by atoms with Crippen LogP contribution in [0.5, 0.6) is 23.0 Å². The molecule has 2 atom stereocenters. The van der Waals surface area contributed by atoms with Gasteiger partial charge in [-0.15, -0.1) is 10.2 Å². The first-order chi connectivity index (χ1) is 15.8. The number of nitrogens with one attached hydrogen (secondary N) is 2. The highest BCUT2D eigenvalue weighted by molar-refractivity contribution is 8.76. The maximum Gasteiger partial charge on any atom is 0.219 e. The van der Waals surface area contributed by atoms with E-state index in [2.05, 4.69) is 30.4 Å². The lowest BCUT2D eigenvalue weighted by Gasteiger charge is -2.24. The van der Waals surface area contributed by atoms with E-state index in [-0.39, 0.29) is 12.2 Å². The third-order valence-corrected chi connectivity index (χ3v) is 6.67. The molecule has 0 aliphatic carbocycles. The van der Waals surface area contributed by atoms with E-state index in [4.69, 9.17) is 18.9 Å². The van der Waals surface area contributed by atoms with Gasteiger partial charge in [0.2, 0.25) is 10.3 Å². The third-order valence-electron chi connectivity index (χ3n) is 4.78. The molecule has 0 fully saturated rings. The molecule has 4 heterocycles. The van der Waals surface area contributed by atoms with Gasteiger partial charge < -0.3 is 18.9 Å². The average Bonchev–Trinajstić information content (AvgIpc) is 3.52. The molecule has 2 aromatic heterocycles. The van der Waals surface area contributed by atoms with E-state index in [1.165, 1.54) is 21.6 Å². The number of H-pyrrole nitrogens is 2. The highest BCUT2D eigenvalue weighted by Crippen LogP contribution is 2.38. The number of rotatable bonds is 5. The quantitative estimate of drug-likeness (QED) is 0.419. The van der Waals surface area contributed by atoms with E-state index in [9.17, 15) is 0 Å². The Kier molecular flexibility index (Phi) is 5.00. The molecule has 12 heteroatoms. The molecule has 0 saturated heterocycles. The molecule has 32 heavy (non-hydrogen) atoms. The van der Waals surface area contributed by atoms with Crippen molar-refractivity contribution < 1.29 is 18.9 Å². The maximum atomic E-state index is 5.96. The van der Waals surface area contributed by atoms with Gasteiger partial charge in [0, 0.05) is 0 Å². The minimum atomic E-state index is -0.349. The third kappa shape index (κ3) is 3.82. The molecule has 2 N–H and O–H groups in total. The van der Waals surface area contributed by atoms with Gasteiger partial charge >= 0.3 is 0 Å². The molecule has 4 aromatic rings. The predicted octanol–water partition coefficient (Wildman–Crippen LogP) is 3.75. The lowest BCUT2D eigenvalue weighted by Crippen LogP contribution is -2.22. The normalized spacial score (nSPS) is 19.0. The number of ether oxygens (including phenoxy) is 4. The predicted molar refractivity (Wildman–Crippen MR) is 115 cm³/mol. The van der Waals surface area contributed by atoms with Crippen molar-refractivity contribution in [1.82, 2.24) is 30.4 Å². The first-order valence-corrected chi connectivity index (χ1v) is 11.9. The van der Waals surface area contributed by atoms with Crippen molar-refractivity contribution in [3.63, 3.8) is 0 Å². The Hall–Kier alpha value is -3.38. The summed E-state index contributed by atoms with van der Waals surface area (Å²) in [6, 6.07) is 15.1. The molecule has 162 valence electrons. The zero-order valence-corrected chi connectivity index (χ0v) is 18.1. The molecule has 0 saturated carbocycles. The first-order valence-electron chi connectivity index (χ1n) is 9.78. The summed E-state index contributed by atoms with van der Waals surface area (Å²) in [5.74, 6) is 4.03. The van der Waals surface area contributed by atoms with E-state index in [0.29, 0.717) is 46.7 Å². The number of fused-ring (bicyclic) bond motifs is 2. The second-order valence-corrected chi connectivity index (χ2v) is 8.97. The molecule has 2 unspecified atom stereocenters. The van der Waals surface area contributed by atoms with E-state index in [1.807, 2.05) is 48.5 Å². The van der Waals surface area contributed by atoms with Gasteiger partial charge in [-0.2, -0.15) is 0 Å². The molecule has 0 radical (unpaired) electrons. The van der Waals surface area contributed by atoms with Crippen LogP contribution in [-0.2, 0) is 0 Å². The summed E-state index contributed by atoms with van der Waals surface area (Å²) in [7, 11) is 2.68. The Bertz CT molecular complexity index is 1150. The van der Waals surface area contributed by atoms with Gasteiger partial charge in [-0.3, -0.25) is 10.2 Å². The summed E-state index contributed by atoms with van der Waals surface area (Å²) in [6.07, 6.45) is -0.698. The number of hydrogen-bond acceptors (Lipinski definition) is 10. The lowest BCUT2D eigenvalue weighted by molar-refractivity contribution is 0.0852. The topological polar surface area (TPSA) is 120 Å². The Morgan fingerprint density at radius 3 is 1.56 bits per heavy atom. The summed E-state index contributed by atoms with van der Waals surface area (Å²) in [5, 5.41) is 15.4. The second kappa shape index (κ2) is 8.28. The Labute approximate surface area is 189 Å². The summed E-state index contributed by atoms with van der Waals surface area (Å²) < 4.78 is 23.4. The lowest BCUT2D eigenvalue weighted by atomic mass is 10.2. The van der Waals surface area contributed by atoms with Crippen molar-refractivity contribution in [3.05, 3.63) is 60.2 Å². The molecular weight excluding hydrogens is 452 g/mol. The van der Waals surface area contributed by atoms with Gasteiger partial charge in [0.15, 0.2) is 46.9 Å². The number of aromatic amines is 2. The van der Waals surface area contributed by atoms with Crippen LogP contribution < -0.4 is 18.9 Å². The number of hydrogen-bond donors (Lipinski definition) is 2. The minimum absolute atomic E-state index is 0.349. The highest BCUT2D eigenvalue weighted by atomic mass is 33.1. The fraction of sp³-hybridized carbons (Fsp3) is 0.200. The van der Waals surface area contributed by atoms with Crippen molar-refractivity contribution >= 4 is 21.6 Å². The second-order valence-electron chi connectivity index (χ2n) is 6.90. The standard InChI is InChI=1S/C20H16N6O4S2/c1-3-7-13-11(5-1)27-9-15(29-13)17-21-19(25-23-17)31-32-20-22-18(24-26-20)16-10-28-12-6-2-4-8-14(12)30-16/h1-8,15-16H,9-10H2,(H,21,23,25)(H,22,24,26). The van der Waals surface area contributed by atoms with E-state index >= 15 is 0 Å². The van der Waals surface area contributed by atoms with Crippen LogP contribution in [0.1, 0.15) is 23.9 Å². The highest BCUT2D eigenvalue weighted by Gasteiger charge is 2.27. The van der Waals surface area contributed by atoms with Crippen LogP contribution in [0.15, 0.2) is 58.8 Å². The minimum Gasteiger partial charge on any atom is -0.485 e. The van der Waals surface area contributed by atoms with Crippen molar-refractivity contribution in [2.24, 2.45) is 0 Å². The van der Waals surface area contributed by atoms with Gasteiger partial charge in [0.1, 0.15) is 13.2 Å². The zero-order valence-electron chi connectivity index (χ0n) is 16.4. The SMILES string of the molecule is c1ccc2c(c1)OCC(c1nc(SSc3n[nH]c(C4COc5ccccc5O4)n3)n[nH]1)O2. The number of para-hydroxylation sites is 4. The van der Waals surface area contributed by atoms with Gasteiger partial charge in [0.05, 0.1) is 0 Å². The summed E-state index contributed by atoms with van der Waals surface area (Å²) in [4.78, 5) is 9.01. The molecular formula is C20H16N6O4S2. The van der Waals surface area contributed by atoms with Crippen LogP contribution in [0.4, 0.5) is 0 Å². The van der Waals surface area contributed by atoms with E-state index in [1.54, 1.807) is 0 Å². The van der Waals surface area contributed by atoms with Crippen molar-refractivity contribution in [2.75, 3.05) is 13.2 Å². The van der Waals surface area contributed by atoms with E-state index < -0.39 is 0 Å².